The van der Waals surface area contributed by atoms with Crippen LogP contribution in [0.25, 0.3) is 6.08 Å². The lowest BCUT2D eigenvalue weighted by molar-refractivity contribution is -0.123. The maximum Gasteiger partial charge on any atom is 0.293 e. The molecule has 1 N–H and O–H groups in total. The van der Waals surface area contributed by atoms with Crippen molar-refractivity contribution in [3.63, 3.8) is 0 Å². The molecule has 0 radical (unpaired) electrons. The maximum atomic E-state index is 13.2. The summed E-state index contributed by atoms with van der Waals surface area (Å²) in [6, 6.07) is 18.4. The second-order valence-electron chi connectivity index (χ2n) is 9.11. The minimum atomic E-state index is -0.425. The Morgan fingerprint density at radius 2 is 1.77 bits per heavy atom. The van der Waals surface area contributed by atoms with Crippen LogP contribution in [-0.2, 0) is 16.1 Å². The molecule has 0 bridgehead atoms. The molecule has 202 valence electrons. The number of ether oxygens (including phenoxy) is 2. The molecule has 4 rings (SSSR count). The van der Waals surface area contributed by atoms with E-state index in [1.807, 2.05) is 31.2 Å². The highest BCUT2D eigenvalue weighted by Crippen LogP contribution is 2.35. The van der Waals surface area contributed by atoms with Crippen LogP contribution in [0.15, 0.2) is 71.6 Å². The first-order chi connectivity index (χ1) is 18.7. The van der Waals surface area contributed by atoms with Crippen molar-refractivity contribution in [2.45, 2.75) is 33.2 Å². The van der Waals surface area contributed by atoms with Crippen molar-refractivity contribution in [3.05, 3.63) is 94.1 Å². The molecule has 7 nitrogen and oxygen atoms in total. The van der Waals surface area contributed by atoms with Crippen LogP contribution < -0.4 is 14.8 Å². The lowest BCUT2D eigenvalue weighted by Gasteiger charge is -2.15. The Kier molecular flexibility index (Phi) is 9.03. The van der Waals surface area contributed by atoms with E-state index in [4.69, 9.17) is 9.47 Å². The molecule has 9 heteroatoms. The van der Waals surface area contributed by atoms with Crippen LogP contribution in [0.5, 0.6) is 11.5 Å². The lowest BCUT2D eigenvalue weighted by atomic mass is 10.0. The minimum absolute atomic E-state index is 0.0585. The zero-order chi connectivity index (χ0) is 27.9. The van der Waals surface area contributed by atoms with Crippen molar-refractivity contribution >= 4 is 40.6 Å². The van der Waals surface area contributed by atoms with Crippen LogP contribution in [0.1, 0.15) is 43.4 Å². The van der Waals surface area contributed by atoms with Crippen molar-refractivity contribution in [2.75, 3.05) is 18.5 Å². The van der Waals surface area contributed by atoms with Gasteiger partial charge in [-0.25, -0.2) is 4.39 Å². The van der Waals surface area contributed by atoms with Crippen LogP contribution in [-0.4, -0.2) is 35.2 Å². The Balaban J connectivity index is 1.44. The number of hydrogen-bond acceptors (Lipinski definition) is 6. The Hall–Kier alpha value is -4.11. The van der Waals surface area contributed by atoms with Crippen molar-refractivity contribution < 1.29 is 28.2 Å². The van der Waals surface area contributed by atoms with Crippen LogP contribution in [0, 0.1) is 5.82 Å². The number of carbonyl (C=O) groups is 3. The summed E-state index contributed by atoms with van der Waals surface area (Å²) in [5.74, 6) is -0.0699. The molecule has 0 spiro atoms. The van der Waals surface area contributed by atoms with Crippen molar-refractivity contribution in [1.29, 1.82) is 0 Å². The summed E-state index contributed by atoms with van der Waals surface area (Å²) >= 11 is 0.840. The molecule has 1 aliphatic heterocycles. The summed E-state index contributed by atoms with van der Waals surface area (Å²) in [6.45, 7) is 6.15. The van der Waals surface area contributed by atoms with Gasteiger partial charge < -0.3 is 14.8 Å². The molecule has 1 saturated heterocycles. The second-order valence-corrected chi connectivity index (χ2v) is 10.1. The number of nitrogens with zero attached hydrogens (tertiary/aromatic N) is 1. The third-order valence-electron chi connectivity index (χ3n) is 5.91. The van der Waals surface area contributed by atoms with E-state index in [9.17, 15) is 18.8 Å². The molecule has 0 unspecified atom stereocenters. The molecule has 1 heterocycles. The number of anilines is 1. The topological polar surface area (TPSA) is 84.9 Å². The minimum Gasteiger partial charge on any atom is -0.490 e. The molecule has 3 amide bonds. The first-order valence-electron chi connectivity index (χ1n) is 12.5. The van der Waals surface area contributed by atoms with Gasteiger partial charge >= 0.3 is 0 Å². The number of benzene rings is 3. The van der Waals surface area contributed by atoms with Gasteiger partial charge in [-0.3, -0.25) is 19.3 Å². The molecule has 0 aromatic heterocycles. The molecule has 3 aromatic carbocycles. The molecule has 1 aliphatic rings. The Morgan fingerprint density at radius 3 is 2.49 bits per heavy atom. The lowest BCUT2D eigenvalue weighted by Crippen LogP contribution is -2.27. The summed E-state index contributed by atoms with van der Waals surface area (Å²) in [5.41, 5.74) is 3.06. The second kappa shape index (κ2) is 12.6. The van der Waals surface area contributed by atoms with E-state index in [-0.39, 0.29) is 35.7 Å². The van der Waals surface area contributed by atoms with Gasteiger partial charge in [0.25, 0.3) is 17.1 Å². The summed E-state index contributed by atoms with van der Waals surface area (Å²) in [4.78, 5) is 39.4. The zero-order valence-electron chi connectivity index (χ0n) is 21.9. The van der Waals surface area contributed by atoms with Gasteiger partial charge in [0.1, 0.15) is 5.82 Å². The highest BCUT2D eigenvalue weighted by atomic mass is 32.2. The van der Waals surface area contributed by atoms with Gasteiger partial charge in [0.05, 0.1) is 18.1 Å². The molecule has 0 atom stereocenters. The number of imide groups is 1. The van der Waals surface area contributed by atoms with E-state index in [1.165, 1.54) is 12.1 Å². The molecule has 0 aliphatic carbocycles. The van der Waals surface area contributed by atoms with E-state index >= 15 is 0 Å². The number of carbonyl (C=O) groups excluding carboxylic acids is 3. The number of rotatable bonds is 10. The third-order valence-corrected chi connectivity index (χ3v) is 6.82. The van der Waals surface area contributed by atoms with E-state index in [2.05, 4.69) is 19.2 Å². The fourth-order valence-electron chi connectivity index (χ4n) is 4.01. The van der Waals surface area contributed by atoms with E-state index in [0.717, 1.165) is 27.9 Å². The first-order valence-corrected chi connectivity index (χ1v) is 13.3. The number of para-hydroxylation sites is 1. The molecule has 39 heavy (non-hydrogen) atoms. The third kappa shape index (κ3) is 7.06. The summed E-state index contributed by atoms with van der Waals surface area (Å²) < 4.78 is 24.7. The van der Waals surface area contributed by atoms with Gasteiger partial charge in [-0.1, -0.05) is 50.2 Å². The number of halogens is 1. The fourth-order valence-corrected chi connectivity index (χ4v) is 4.84. The standard InChI is InChI=1S/C30H29FN2O5S/c1-4-37-26-15-21(16-27-29(35)33(30(36)39-27)17-20-9-12-22(31)13-10-20)11-14-25(26)38-18-28(34)32-24-8-6-5-7-23(24)19(2)3/h5-16,19H,4,17-18H2,1-3H3,(H,32,34)/b27-16+. The summed E-state index contributed by atoms with van der Waals surface area (Å²) in [6.07, 6.45) is 1.61. The SMILES string of the molecule is CCOc1cc(/C=C2/SC(=O)N(Cc3ccc(F)cc3)C2=O)ccc1OCC(=O)Nc1ccccc1C(C)C. The van der Waals surface area contributed by atoms with Gasteiger partial charge in [-0.2, -0.15) is 0 Å². The fraction of sp³-hybridized carbons (Fsp3) is 0.233. The summed E-state index contributed by atoms with van der Waals surface area (Å²) in [5, 5.41) is 2.50. The smallest absolute Gasteiger partial charge is 0.293 e. The Labute approximate surface area is 231 Å². The van der Waals surface area contributed by atoms with Gasteiger partial charge in [0.15, 0.2) is 18.1 Å². The zero-order valence-corrected chi connectivity index (χ0v) is 22.7. The van der Waals surface area contributed by atoms with Gasteiger partial charge in [-0.05, 0) is 77.7 Å². The van der Waals surface area contributed by atoms with E-state index in [1.54, 1.807) is 36.4 Å². The molecular weight excluding hydrogens is 519 g/mol. The average Bonchev–Trinajstić information content (AvgIpc) is 3.17. The van der Waals surface area contributed by atoms with Crippen LogP contribution in [0.2, 0.25) is 0 Å². The highest BCUT2D eigenvalue weighted by molar-refractivity contribution is 8.18. The van der Waals surface area contributed by atoms with Gasteiger partial charge in [0, 0.05) is 5.69 Å². The largest absolute Gasteiger partial charge is 0.490 e. The van der Waals surface area contributed by atoms with Crippen LogP contribution in [0.3, 0.4) is 0 Å². The van der Waals surface area contributed by atoms with Crippen molar-refractivity contribution in [2.24, 2.45) is 0 Å². The van der Waals surface area contributed by atoms with E-state index in [0.29, 0.717) is 29.2 Å². The van der Waals surface area contributed by atoms with Crippen LogP contribution >= 0.6 is 11.8 Å². The number of hydrogen-bond donors (Lipinski definition) is 1. The molecule has 1 fully saturated rings. The van der Waals surface area contributed by atoms with Crippen LogP contribution in [0.4, 0.5) is 14.9 Å². The number of amides is 3. The quantitative estimate of drug-likeness (QED) is 0.287. The number of thioether (sulfide) groups is 1. The van der Waals surface area contributed by atoms with Gasteiger partial charge in [-0.15, -0.1) is 0 Å². The van der Waals surface area contributed by atoms with Crippen molar-refractivity contribution in [3.8, 4) is 11.5 Å². The highest BCUT2D eigenvalue weighted by Gasteiger charge is 2.35. The first kappa shape index (κ1) is 27.9. The van der Waals surface area contributed by atoms with E-state index < -0.39 is 11.1 Å². The average molecular weight is 549 g/mol. The molecule has 0 saturated carbocycles. The van der Waals surface area contributed by atoms with Gasteiger partial charge in [0.2, 0.25) is 0 Å². The summed E-state index contributed by atoms with van der Waals surface area (Å²) in [7, 11) is 0. The Morgan fingerprint density at radius 1 is 1.03 bits per heavy atom. The number of nitrogens with one attached hydrogen (secondary N) is 1. The normalized spacial score (nSPS) is 14.3. The Bertz CT molecular complexity index is 1400. The predicted octanol–water partition coefficient (Wildman–Crippen LogP) is 6.60. The maximum absolute atomic E-state index is 13.2. The van der Waals surface area contributed by atoms with Crippen molar-refractivity contribution in [1.82, 2.24) is 4.90 Å². The molecule has 3 aromatic rings. The predicted molar refractivity (Wildman–Crippen MR) is 150 cm³/mol. The molecular formula is C30H29FN2O5S. The monoisotopic (exact) mass is 548 g/mol.